The molecule has 2 aliphatic carbocycles. The summed E-state index contributed by atoms with van der Waals surface area (Å²) in [7, 11) is 0. The SMILES string of the molecule is CCOC(=O)CN(CC1CC1)C(=O)c1ccc(OC2CCCCC2)cc1. The van der Waals surface area contributed by atoms with Gasteiger partial charge in [0.15, 0.2) is 0 Å². The van der Waals surface area contributed by atoms with E-state index in [0.717, 1.165) is 31.4 Å². The van der Waals surface area contributed by atoms with Crippen LogP contribution in [0.5, 0.6) is 5.75 Å². The smallest absolute Gasteiger partial charge is 0.325 e. The summed E-state index contributed by atoms with van der Waals surface area (Å²) in [5, 5.41) is 0. The van der Waals surface area contributed by atoms with Gasteiger partial charge in [0.2, 0.25) is 0 Å². The van der Waals surface area contributed by atoms with Gasteiger partial charge in [0.1, 0.15) is 12.3 Å². The average Bonchev–Trinajstić information content (AvgIpc) is 3.46. The van der Waals surface area contributed by atoms with Gasteiger partial charge >= 0.3 is 5.97 Å². The Hall–Kier alpha value is -2.04. The van der Waals surface area contributed by atoms with E-state index in [9.17, 15) is 9.59 Å². The highest BCUT2D eigenvalue weighted by molar-refractivity contribution is 5.96. The van der Waals surface area contributed by atoms with Gasteiger partial charge in [-0.05, 0) is 75.6 Å². The van der Waals surface area contributed by atoms with Crippen molar-refractivity contribution >= 4 is 11.9 Å². The fourth-order valence-corrected chi connectivity index (χ4v) is 3.43. The normalized spacial score (nSPS) is 17.6. The number of nitrogens with zero attached hydrogens (tertiary/aromatic N) is 1. The Kier molecular flexibility index (Phi) is 6.53. The number of esters is 1. The molecule has 0 aromatic heterocycles. The van der Waals surface area contributed by atoms with E-state index in [-0.39, 0.29) is 18.4 Å². The molecular weight excluding hydrogens is 330 g/mol. The fourth-order valence-electron chi connectivity index (χ4n) is 3.43. The molecule has 1 amide bonds. The molecule has 1 aromatic carbocycles. The van der Waals surface area contributed by atoms with Crippen LogP contribution in [-0.2, 0) is 9.53 Å². The molecule has 5 nitrogen and oxygen atoms in total. The van der Waals surface area contributed by atoms with Crippen LogP contribution in [0.2, 0.25) is 0 Å². The molecule has 2 aliphatic rings. The quantitative estimate of drug-likeness (QED) is 0.662. The largest absolute Gasteiger partial charge is 0.490 e. The summed E-state index contributed by atoms with van der Waals surface area (Å²) in [5.41, 5.74) is 0.589. The van der Waals surface area contributed by atoms with E-state index < -0.39 is 0 Å². The zero-order valence-electron chi connectivity index (χ0n) is 15.6. The fraction of sp³-hybridized carbons (Fsp3) is 0.619. The maximum atomic E-state index is 12.8. The van der Waals surface area contributed by atoms with Gasteiger partial charge in [-0.1, -0.05) is 6.42 Å². The molecule has 0 bridgehead atoms. The zero-order chi connectivity index (χ0) is 18.4. The number of ether oxygens (including phenoxy) is 2. The van der Waals surface area contributed by atoms with E-state index >= 15 is 0 Å². The lowest BCUT2D eigenvalue weighted by Gasteiger charge is -2.24. The van der Waals surface area contributed by atoms with Crippen molar-refractivity contribution in [2.45, 2.75) is 58.0 Å². The van der Waals surface area contributed by atoms with Crippen LogP contribution in [0.25, 0.3) is 0 Å². The van der Waals surface area contributed by atoms with Crippen LogP contribution in [-0.4, -0.2) is 42.6 Å². The second-order valence-electron chi connectivity index (χ2n) is 7.34. The lowest BCUT2D eigenvalue weighted by molar-refractivity contribution is -0.143. The van der Waals surface area contributed by atoms with E-state index in [4.69, 9.17) is 9.47 Å². The first kappa shape index (κ1) is 18.7. The molecule has 2 fully saturated rings. The minimum Gasteiger partial charge on any atom is -0.490 e. The summed E-state index contributed by atoms with van der Waals surface area (Å²) in [6, 6.07) is 7.32. The van der Waals surface area contributed by atoms with Crippen molar-refractivity contribution in [3.63, 3.8) is 0 Å². The number of carbonyl (C=O) groups is 2. The molecule has 0 unspecified atom stereocenters. The predicted molar refractivity (Wildman–Crippen MR) is 99.2 cm³/mol. The molecule has 0 spiro atoms. The van der Waals surface area contributed by atoms with Crippen molar-refractivity contribution in [1.82, 2.24) is 4.90 Å². The molecule has 142 valence electrons. The number of amides is 1. The maximum Gasteiger partial charge on any atom is 0.325 e. The van der Waals surface area contributed by atoms with Crippen LogP contribution >= 0.6 is 0 Å². The van der Waals surface area contributed by atoms with Crippen molar-refractivity contribution < 1.29 is 19.1 Å². The monoisotopic (exact) mass is 359 g/mol. The molecule has 1 aromatic rings. The van der Waals surface area contributed by atoms with Gasteiger partial charge in [0.25, 0.3) is 5.91 Å². The van der Waals surface area contributed by atoms with Gasteiger partial charge in [-0.2, -0.15) is 0 Å². The Labute approximate surface area is 155 Å². The molecule has 0 aliphatic heterocycles. The Balaban J connectivity index is 1.60. The van der Waals surface area contributed by atoms with Gasteiger partial charge in [-0.25, -0.2) is 0 Å². The summed E-state index contributed by atoms with van der Waals surface area (Å²) in [4.78, 5) is 26.3. The van der Waals surface area contributed by atoms with Gasteiger partial charge in [-0.3, -0.25) is 9.59 Å². The van der Waals surface area contributed by atoms with Crippen LogP contribution < -0.4 is 4.74 Å². The highest BCUT2D eigenvalue weighted by atomic mass is 16.5. The molecular formula is C21H29NO4. The highest BCUT2D eigenvalue weighted by Gasteiger charge is 2.29. The highest BCUT2D eigenvalue weighted by Crippen LogP contribution is 2.30. The van der Waals surface area contributed by atoms with Crippen LogP contribution in [0.4, 0.5) is 0 Å². The Morgan fingerprint density at radius 1 is 1.04 bits per heavy atom. The van der Waals surface area contributed by atoms with Crippen LogP contribution in [0.1, 0.15) is 62.2 Å². The van der Waals surface area contributed by atoms with E-state index in [2.05, 4.69) is 0 Å². The van der Waals surface area contributed by atoms with E-state index in [1.165, 1.54) is 19.3 Å². The van der Waals surface area contributed by atoms with Crippen molar-refractivity contribution in [1.29, 1.82) is 0 Å². The third-order valence-electron chi connectivity index (χ3n) is 5.04. The van der Waals surface area contributed by atoms with Gasteiger partial charge in [0, 0.05) is 12.1 Å². The molecule has 0 heterocycles. The van der Waals surface area contributed by atoms with E-state index in [0.29, 0.717) is 30.7 Å². The third kappa shape index (κ3) is 5.48. The number of hydrogen-bond acceptors (Lipinski definition) is 4. The Morgan fingerprint density at radius 2 is 1.73 bits per heavy atom. The van der Waals surface area contributed by atoms with Crippen LogP contribution in [0.15, 0.2) is 24.3 Å². The third-order valence-corrected chi connectivity index (χ3v) is 5.04. The second kappa shape index (κ2) is 9.06. The summed E-state index contributed by atoms with van der Waals surface area (Å²) in [5.74, 6) is 0.864. The van der Waals surface area contributed by atoms with Crippen LogP contribution in [0, 0.1) is 5.92 Å². The molecule has 0 radical (unpaired) electrons. The molecule has 26 heavy (non-hydrogen) atoms. The maximum absolute atomic E-state index is 12.8. The van der Waals surface area contributed by atoms with Crippen molar-refractivity contribution in [3.05, 3.63) is 29.8 Å². The Bertz CT molecular complexity index is 603. The number of benzene rings is 1. The number of rotatable bonds is 8. The van der Waals surface area contributed by atoms with E-state index in [1.807, 2.05) is 12.1 Å². The van der Waals surface area contributed by atoms with Gasteiger partial charge in [-0.15, -0.1) is 0 Å². The topological polar surface area (TPSA) is 55.8 Å². The van der Waals surface area contributed by atoms with Crippen molar-refractivity contribution in [3.8, 4) is 5.75 Å². The summed E-state index contributed by atoms with van der Waals surface area (Å²) >= 11 is 0. The van der Waals surface area contributed by atoms with E-state index in [1.54, 1.807) is 24.0 Å². The molecule has 0 atom stereocenters. The van der Waals surface area contributed by atoms with Crippen molar-refractivity contribution in [2.24, 2.45) is 5.92 Å². The summed E-state index contributed by atoms with van der Waals surface area (Å²) in [6.45, 7) is 2.74. The Morgan fingerprint density at radius 3 is 2.35 bits per heavy atom. The zero-order valence-corrected chi connectivity index (χ0v) is 15.6. The lowest BCUT2D eigenvalue weighted by atomic mass is 9.98. The predicted octanol–water partition coefficient (Wildman–Crippen LogP) is 3.81. The van der Waals surface area contributed by atoms with Gasteiger partial charge < -0.3 is 14.4 Å². The standard InChI is InChI=1S/C21H29NO4/c1-2-25-20(23)15-22(14-16-8-9-16)21(24)17-10-12-19(13-11-17)26-18-6-4-3-5-7-18/h10-13,16,18H,2-9,14-15H2,1H3. The first-order chi connectivity index (χ1) is 12.7. The number of carbonyl (C=O) groups excluding carboxylic acids is 2. The molecule has 0 saturated heterocycles. The van der Waals surface area contributed by atoms with Gasteiger partial charge in [0.05, 0.1) is 12.7 Å². The lowest BCUT2D eigenvalue weighted by Crippen LogP contribution is -2.38. The molecule has 5 heteroatoms. The first-order valence-electron chi connectivity index (χ1n) is 9.87. The van der Waals surface area contributed by atoms with Crippen molar-refractivity contribution in [2.75, 3.05) is 19.7 Å². The first-order valence-corrected chi connectivity index (χ1v) is 9.87. The summed E-state index contributed by atoms with van der Waals surface area (Å²) in [6.07, 6.45) is 8.51. The second-order valence-corrected chi connectivity index (χ2v) is 7.34. The minimum atomic E-state index is -0.348. The van der Waals surface area contributed by atoms with Crippen LogP contribution in [0.3, 0.4) is 0 Å². The molecule has 3 rings (SSSR count). The minimum absolute atomic E-state index is 0.0174. The molecule has 2 saturated carbocycles. The number of hydrogen-bond donors (Lipinski definition) is 0. The average molecular weight is 359 g/mol. The molecule has 0 N–H and O–H groups in total. The summed E-state index contributed by atoms with van der Waals surface area (Å²) < 4.78 is 11.0.